The summed E-state index contributed by atoms with van der Waals surface area (Å²) in [5.74, 6) is 0.488. The number of piperidine rings is 1. The lowest BCUT2D eigenvalue weighted by Crippen LogP contribution is -2.39. The fourth-order valence-corrected chi connectivity index (χ4v) is 4.81. The van der Waals surface area contributed by atoms with E-state index in [4.69, 9.17) is 0 Å². The molecule has 0 aliphatic carbocycles. The van der Waals surface area contributed by atoms with Crippen molar-refractivity contribution >= 4 is 28.9 Å². The van der Waals surface area contributed by atoms with Crippen LogP contribution in [-0.2, 0) is 6.42 Å². The maximum atomic E-state index is 13.2. The van der Waals surface area contributed by atoms with Gasteiger partial charge in [-0.3, -0.25) is 9.59 Å². The van der Waals surface area contributed by atoms with Crippen molar-refractivity contribution in [2.75, 3.05) is 30.4 Å². The molecule has 1 saturated heterocycles. The number of nitrogens with one attached hydrogen (secondary N) is 1. The van der Waals surface area contributed by atoms with Gasteiger partial charge in [0, 0.05) is 25.7 Å². The van der Waals surface area contributed by atoms with Gasteiger partial charge in [-0.05, 0) is 61.1 Å². The summed E-state index contributed by atoms with van der Waals surface area (Å²) in [6.07, 6.45) is 3.10. The van der Waals surface area contributed by atoms with Crippen LogP contribution in [0.4, 0.5) is 17.1 Å². The van der Waals surface area contributed by atoms with Crippen molar-refractivity contribution in [3.8, 4) is 0 Å². The van der Waals surface area contributed by atoms with E-state index in [0.717, 1.165) is 43.7 Å². The van der Waals surface area contributed by atoms with Crippen molar-refractivity contribution in [2.45, 2.75) is 19.3 Å². The monoisotopic (exact) mass is 425 g/mol. The van der Waals surface area contributed by atoms with Gasteiger partial charge in [0.1, 0.15) is 0 Å². The molecule has 0 spiro atoms. The molecule has 5 nitrogen and oxygen atoms in total. The predicted octanol–water partition coefficient (Wildman–Crippen LogP) is 5.12. The molecule has 5 heteroatoms. The number of fused-ring (bicyclic) bond motifs is 2. The zero-order valence-electron chi connectivity index (χ0n) is 18.3. The Morgan fingerprint density at radius 3 is 2.44 bits per heavy atom. The van der Waals surface area contributed by atoms with Gasteiger partial charge in [-0.1, -0.05) is 42.5 Å². The topological polar surface area (TPSA) is 52.7 Å². The third-order valence-electron chi connectivity index (χ3n) is 6.63. The molecule has 0 radical (unpaired) electrons. The molecule has 5 rings (SSSR count). The third kappa shape index (κ3) is 3.86. The second kappa shape index (κ2) is 8.50. The Morgan fingerprint density at radius 1 is 0.938 bits per heavy atom. The van der Waals surface area contributed by atoms with Gasteiger partial charge in [0.25, 0.3) is 11.8 Å². The minimum atomic E-state index is -0.155. The van der Waals surface area contributed by atoms with Crippen molar-refractivity contribution in [3.05, 3.63) is 89.5 Å². The van der Waals surface area contributed by atoms with Gasteiger partial charge in [0.15, 0.2) is 0 Å². The summed E-state index contributed by atoms with van der Waals surface area (Å²) in [5.41, 5.74) is 5.00. The molecule has 2 amide bonds. The van der Waals surface area contributed by atoms with Gasteiger partial charge in [0.05, 0.1) is 22.6 Å². The molecule has 0 unspecified atom stereocenters. The second-order valence-electron chi connectivity index (χ2n) is 8.69. The number of carbonyl (C=O) groups is 2. The molecule has 0 bridgehead atoms. The van der Waals surface area contributed by atoms with Gasteiger partial charge >= 0.3 is 0 Å². The van der Waals surface area contributed by atoms with Gasteiger partial charge in [-0.15, -0.1) is 0 Å². The highest BCUT2D eigenvalue weighted by atomic mass is 16.2. The smallest absolute Gasteiger partial charge is 0.257 e. The Morgan fingerprint density at radius 2 is 1.66 bits per heavy atom. The minimum absolute atomic E-state index is 0.0321. The van der Waals surface area contributed by atoms with E-state index >= 15 is 0 Å². The number of benzene rings is 3. The molecule has 1 fully saturated rings. The Bertz CT molecular complexity index is 1150. The van der Waals surface area contributed by atoms with E-state index in [1.165, 1.54) is 5.56 Å². The summed E-state index contributed by atoms with van der Waals surface area (Å²) in [7, 11) is 1.94. The summed E-state index contributed by atoms with van der Waals surface area (Å²) in [5, 5.41) is 2.99. The SMILES string of the molecule is CN1c2ccc(C(=O)N3CCC(Cc4ccccc4)CC3)cc2NC(=O)c2ccccc21. The van der Waals surface area contributed by atoms with Crippen LogP contribution in [0.15, 0.2) is 72.8 Å². The zero-order chi connectivity index (χ0) is 22.1. The number of anilines is 3. The maximum absolute atomic E-state index is 13.2. The molecule has 2 aliphatic rings. The zero-order valence-corrected chi connectivity index (χ0v) is 18.3. The fourth-order valence-electron chi connectivity index (χ4n) is 4.81. The number of para-hydroxylation sites is 1. The second-order valence-corrected chi connectivity index (χ2v) is 8.69. The summed E-state index contributed by atoms with van der Waals surface area (Å²) in [4.78, 5) is 29.9. The minimum Gasteiger partial charge on any atom is -0.342 e. The van der Waals surface area contributed by atoms with Crippen LogP contribution in [0.5, 0.6) is 0 Å². The number of rotatable bonds is 3. The van der Waals surface area contributed by atoms with E-state index in [2.05, 4.69) is 29.6 Å². The quantitative estimate of drug-likeness (QED) is 0.634. The molecule has 2 aliphatic heterocycles. The van der Waals surface area contributed by atoms with Crippen LogP contribution in [0, 0.1) is 5.92 Å². The van der Waals surface area contributed by atoms with Crippen molar-refractivity contribution in [3.63, 3.8) is 0 Å². The standard InChI is InChI=1S/C27H27N3O2/c1-29-24-10-6-5-9-22(24)26(31)28-23-18-21(11-12-25(23)29)27(32)30-15-13-20(14-16-30)17-19-7-3-2-4-8-19/h2-12,18,20H,13-17H2,1H3,(H,28,31). The van der Waals surface area contributed by atoms with E-state index in [-0.39, 0.29) is 11.8 Å². The lowest BCUT2D eigenvalue weighted by Gasteiger charge is -2.32. The van der Waals surface area contributed by atoms with Crippen molar-refractivity contribution in [1.82, 2.24) is 4.90 Å². The van der Waals surface area contributed by atoms with Crippen molar-refractivity contribution in [2.24, 2.45) is 5.92 Å². The number of nitrogens with zero attached hydrogens (tertiary/aromatic N) is 2. The molecule has 2 heterocycles. The average Bonchev–Trinajstić information content (AvgIpc) is 2.94. The van der Waals surface area contributed by atoms with E-state index in [9.17, 15) is 9.59 Å². The summed E-state index contributed by atoms with van der Waals surface area (Å²) < 4.78 is 0. The van der Waals surface area contributed by atoms with Gasteiger partial charge < -0.3 is 15.1 Å². The van der Waals surface area contributed by atoms with Crippen molar-refractivity contribution in [1.29, 1.82) is 0 Å². The van der Waals surface area contributed by atoms with Crippen molar-refractivity contribution < 1.29 is 9.59 Å². The highest BCUT2D eigenvalue weighted by Crippen LogP contribution is 2.37. The van der Waals surface area contributed by atoms with Crippen LogP contribution in [0.2, 0.25) is 0 Å². The Kier molecular flexibility index (Phi) is 5.39. The Balaban J connectivity index is 1.30. The lowest BCUT2D eigenvalue weighted by molar-refractivity contribution is 0.0690. The van der Waals surface area contributed by atoms with Gasteiger partial charge in [-0.2, -0.15) is 0 Å². The van der Waals surface area contributed by atoms with Crippen LogP contribution >= 0.6 is 0 Å². The van der Waals surface area contributed by atoms with Crippen LogP contribution in [0.1, 0.15) is 39.1 Å². The van der Waals surface area contributed by atoms with E-state index in [1.54, 1.807) is 0 Å². The lowest BCUT2D eigenvalue weighted by atomic mass is 9.90. The van der Waals surface area contributed by atoms with Gasteiger partial charge in [0.2, 0.25) is 0 Å². The van der Waals surface area contributed by atoms with E-state index in [1.807, 2.05) is 65.4 Å². The predicted molar refractivity (Wildman–Crippen MR) is 128 cm³/mol. The first-order chi connectivity index (χ1) is 15.6. The van der Waals surface area contributed by atoms with E-state index in [0.29, 0.717) is 22.7 Å². The highest BCUT2D eigenvalue weighted by molar-refractivity contribution is 6.13. The highest BCUT2D eigenvalue weighted by Gasteiger charge is 2.27. The number of likely N-dealkylation sites (tertiary alicyclic amines) is 1. The van der Waals surface area contributed by atoms with Crippen LogP contribution in [-0.4, -0.2) is 36.9 Å². The van der Waals surface area contributed by atoms with Crippen LogP contribution < -0.4 is 10.2 Å². The molecule has 0 aromatic heterocycles. The van der Waals surface area contributed by atoms with Crippen LogP contribution in [0.3, 0.4) is 0 Å². The normalized spacial score (nSPS) is 16.1. The van der Waals surface area contributed by atoms with Crippen LogP contribution in [0.25, 0.3) is 0 Å². The molecular formula is C27H27N3O2. The largest absolute Gasteiger partial charge is 0.342 e. The summed E-state index contributed by atoms with van der Waals surface area (Å²) in [6.45, 7) is 1.54. The molecule has 0 atom stereocenters. The summed E-state index contributed by atoms with van der Waals surface area (Å²) >= 11 is 0. The number of hydrogen-bond acceptors (Lipinski definition) is 3. The summed E-state index contributed by atoms with van der Waals surface area (Å²) in [6, 6.07) is 23.7. The molecule has 3 aromatic carbocycles. The molecule has 1 N–H and O–H groups in total. The Labute approximate surface area is 188 Å². The average molecular weight is 426 g/mol. The Hall–Kier alpha value is -3.60. The third-order valence-corrected chi connectivity index (χ3v) is 6.63. The molecule has 162 valence electrons. The first-order valence-electron chi connectivity index (χ1n) is 11.2. The molecule has 32 heavy (non-hydrogen) atoms. The molecule has 0 saturated carbocycles. The first-order valence-corrected chi connectivity index (χ1v) is 11.2. The van der Waals surface area contributed by atoms with E-state index < -0.39 is 0 Å². The number of amides is 2. The number of hydrogen-bond donors (Lipinski definition) is 1. The molecule has 3 aromatic rings. The number of carbonyl (C=O) groups excluding carboxylic acids is 2. The maximum Gasteiger partial charge on any atom is 0.257 e. The first kappa shape index (κ1) is 20.3. The van der Waals surface area contributed by atoms with Gasteiger partial charge in [-0.25, -0.2) is 0 Å². The molecular weight excluding hydrogens is 398 g/mol. The fraction of sp³-hybridized carbons (Fsp3) is 0.259.